The molecule has 1 saturated heterocycles. The van der Waals surface area contributed by atoms with Crippen molar-refractivity contribution >= 4 is 9.84 Å². The van der Waals surface area contributed by atoms with E-state index in [4.69, 9.17) is 9.05 Å². The minimum absolute atomic E-state index is 0.0596. The molecule has 0 aliphatic carbocycles. The number of aromatic nitrogens is 3. The Labute approximate surface area is 109 Å². The Hall–Kier alpha value is -1.70. The van der Waals surface area contributed by atoms with Crippen LogP contribution in [-0.4, -0.2) is 35.2 Å². The first kappa shape index (κ1) is 12.3. The van der Waals surface area contributed by atoms with E-state index < -0.39 is 9.84 Å². The van der Waals surface area contributed by atoms with Crippen molar-refractivity contribution < 1.29 is 17.5 Å². The Morgan fingerprint density at radius 2 is 2.26 bits per heavy atom. The number of nitrogens with zero attached hydrogens (tertiary/aromatic N) is 3. The Bertz CT molecular complexity index is 647. The number of rotatable bonds is 3. The lowest BCUT2D eigenvalue weighted by molar-refractivity contribution is 0.349. The van der Waals surface area contributed by atoms with E-state index >= 15 is 0 Å². The van der Waals surface area contributed by atoms with Crippen LogP contribution in [-0.2, 0) is 16.3 Å². The molecular weight excluding hydrogens is 270 g/mol. The SMILES string of the molecule is O=S1(=O)CCCC(Cc2nc(-c3ccon3)no2)C1. The molecule has 1 aliphatic rings. The van der Waals surface area contributed by atoms with Crippen molar-refractivity contribution in [3.63, 3.8) is 0 Å². The fourth-order valence-corrected chi connectivity index (χ4v) is 4.07. The molecular formula is C11H13N3O4S. The first-order valence-electron chi connectivity index (χ1n) is 6.06. The summed E-state index contributed by atoms with van der Waals surface area (Å²) in [6.45, 7) is 0. The van der Waals surface area contributed by atoms with Gasteiger partial charge in [0.05, 0.1) is 11.5 Å². The summed E-state index contributed by atoms with van der Waals surface area (Å²) in [4.78, 5) is 4.20. The lowest BCUT2D eigenvalue weighted by Crippen LogP contribution is -2.26. The third-order valence-electron chi connectivity index (χ3n) is 3.16. The van der Waals surface area contributed by atoms with Gasteiger partial charge in [0.1, 0.15) is 6.26 Å². The van der Waals surface area contributed by atoms with Gasteiger partial charge in [-0.3, -0.25) is 0 Å². The molecule has 1 atom stereocenters. The lowest BCUT2D eigenvalue weighted by Gasteiger charge is -2.19. The molecule has 7 nitrogen and oxygen atoms in total. The standard InChI is InChI=1S/C11H13N3O4S/c15-19(16)5-1-2-8(7-19)6-10-12-11(14-18-10)9-3-4-17-13-9/h3-4,8H,1-2,5-7H2. The number of hydrogen-bond acceptors (Lipinski definition) is 7. The monoisotopic (exact) mass is 283 g/mol. The minimum atomic E-state index is -2.91. The van der Waals surface area contributed by atoms with Crippen molar-refractivity contribution in [2.75, 3.05) is 11.5 Å². The number of sulfone groups is 1. The summed E-state index contributed by atoms with van der Waals surface area (Å²) in [5.74, 6) is 1.36. The van der Waals surface area contributed by atoms with Crippen LogP contribution in [0.3, 0.4) is 0 Å². The first-order chi connectivity index (χ1) is 9.12. The van der Waals surface area contributed by atoms with Crippen LogP contribution < -0.4 is 0 Å². The average Bonchev–Trinajstić information content (AvgIpc) is 2.96. The zero-order chi connectivity index (χ0) is 13.3. The summed E-state index contributed by atoms with van der Waals surface area (Å²) in [6, 6.07) is 1.64. The highest BCUT2D eigenvalue weighted by Gasteiger charge is 2.26. The predicted molar refractivity (Wildman–Crippen MR) is 64.9 cm³/mol. The highest BCUT2D eigenvalue weighted by atomic mass is 32.2. The van der Waals surface area contributed by atoms with Crippen LogP contribution in [0.25, 0.3) is 11.5 Å². The van der Waals surface area contributed by atoms with Gasteiger partial charge in [-0.05, 0) is 18.8 Å². The first-order valence-corrected chi connectivity index (χ1v) is 7.88. The van der Waals surface area contributed by atoms with Crippen LogP contribution in [0.4, 0.5) is 0 Å². The molecule has 1 aliphatic heterocycles. The molecule has 3 rings (SSSR count). The molecule has 1 fully saturated rings. The highest BCUT2D eigenvalue weighted by molar-refractivity contribution is 7.91. The maximum atomic E-state index is 11.6. The topological polar surface area (TPSA) is 99.1 Å². The molecule has 0 N–H and O–H groups in total. The van der Waals surface area contributed by atoms with Gasteiger partial charge < -0.3 is 9.05 Å². The van der Waals surface area contributed by atoms with E-state index in [1.807, 2.05) is 0 Å². The molecule has 0 amide bonds. The van der Waals surface area contributed by atoms with Crippen molar-refractivity contribution in [1.29, 1.82) is 0 Å². The average molecular weight is 283 g/mol. The van der Waals surface area contributed by atoms with E-state index in [-0.39, 0.29) is 17.4 Å². The summed E-state index contributed by atoms with van der Waals surface area (Å²) >= 11 is 0. The van der Waals surface area contributed by atoms with E-state index in [0.717, 1.165) is 6.42 Å². The maximum Gasteiger partial charge on any atom is 0.227 e. The largest absolute Gasteiger partial charge is 0.364 e. The van der Waals surface area contributed by atoms with Crippen molar-refractivity contribution in [3.8, 4) is 11.5 Å². The summed E-state index contributed by atoms with van der Waals surface area (Å²) in [5.41, 5.74) is 0.506. The van der Waals surface area contributed by atoms with E-state index in [1.54, 1.807) is 6.07 Å². The molecule has 0 saturated carbocycles. The quantitative estimate of drug-likeness (QED) is 0.831. The van der Waals surface area contributed by atoms with Gasteiger partial charge in [-0.1, -0.05) is 10.3 Å². The van der Waals surface area contributed by atoms with Gasteiger partial charge in [-0.2, -0.15) is 4.98 Å². The molecule has 0 spiro atoms. The zero-order valence-electron chi connectivity index (χ0n) is 10.2. The molecule has 0 radical (unpaired) electrons. The second-order valence-corrected chi connectivity index (χ2v) is 6.95. The summed E-state index contributed by atoms with van der Waals surface area (Å²) < 4.78 is 32.9. The molecule has 102 valence electrons. The second kappa shape index (κ2) is 4.76. The van der Waals surface area contributed by atoms with E-state index in [9.17, 15) is 8.42 Å². The van der Waals surface area contributed by atoms with Crippen LogP contribution in [0.2, 0.25) is 0 Å². The molecule has 0 aromatic carbocycles. The van der Waals surface area contributed by atoms with Gasteiger partial charge >= 0.3 is 0 Å². The lowest BCUT2D eigenvalue weighted by atomic mass is 10.0. The summed E-state index contributed by atoms with van der Waals surface area (Å²) in [5, 5.41) is 7.52. The Morgan fingerprint density at radius 3 is 3.00 bits per heavy atom. The van der Waals surface area contributed by atoms with Gasteiger partial charge in [-0.25, -0.2) is 8.42 Å². The third-order valence-corrected chi connectivity index (χ3v) is 5.05. The van der Waals surface area contributed by atoms with Crippen LogP contribution >= 0.6 is 0 Å². The van der Waals surface area contributed by atoms with E-state index in [2.05, 4.69) is 15.3 Å². The fraction of sp³-hybridized carbons (Fsp3) is 0.545. The van der Waals surface area contributed by atoms with Crippen molar-refractivity contribution in [3.05, 3.63) is 18.2 Å². The third kappa shape index (κ3) is 2.83. The van der Waals surface area contributed by atoms with Crippen LogP contribution in [0.15, 0.2) is 21.4 Å². The van der Waals surface area contributed by atoms with Crippen LogP contribution in [0.1, 0.15) is 18.7 Å². The smallest absolute Gasteiger partial charge is 0.227 e. The van der Waals surface area contributed by atoms with Gasteiger partial charge in [0.25, 0.3) is 0 Å². The zero-order valence-corrected chi connectivity index (χ0v) is 11.0. The molecule has 8 heteroatoms. The van der Waals surface area contributed by atoms with Crippen molar-refractivity contribution in [1.82, 2.24) is 15.3 Å². The van der Waals surface area contributed by atoms with Crippen molar-refractivity contribution in [2.45, 2.75) is 19.3 Å². The second-order valence-electron chi connectivity index (χ2n) is 4.72. The van der Waals surface area contributed by atoms with E-state index in [0.29, 0.717) is 30.3 Å². The molecule has 0 bridgehead atoms. The number of hydrogen-bond donors (Lipinski definition) is 0. The molecule has 1 unspecified atom stereocenters. The summed E-state index contributed by atoms with van der Waals surface area (Å²) in [6.07, 6.45) is 3.50. The minimum Gasteiger partial charge on any atom is -0.364 e. The molecule has 3 heterocycles. The molecule has 2 aromatic heterocycles. The van der Waals surface area contributed by atoms with Gasteiger partial charge in [0.2, 0.25) is 11.7 Å². The van der Waals surface area contributed by atoms with Gasteiger partial charge in [-0.15, -0.1) is 0 Å². The molecule has 19 heavy (non-hydrogen) atoms. The summed E-state index contributed by atoms with van der Waals surface area (Å²) in [7, 11) is -2.91. The fourth-order valence-electron chi connectivity index (χ4n) is 2.30. The van der Waals surface area contributed by atoms with Crippen LogP contribution in [0.5, 0.6) is 0 Å². The van der Waals surface area contributed by atoms with Gasteiger partial charge in [0, 0.05) is 12.5 Å². The Balaban J connectivity index is 1.71. The Kier molecular flexibility index (Phi) is 3.09. The normalized spacial score (nSPS) is 22.4. The predicted octanol–water partition coefficient (Wildman–Crippen LogP) is 1.09. The maximum absolute atomic E-state index is 11.6. The van der Waals surface area contributed by atoms with Gasteiger partial charge in [0.15, 0.2) is 15.5 Å². The van der Waals surface area contributed by atoms with E-state index in [1.165, 1.54) is 6.26 Å². The Morgan fingerprint density at radius 1 is 1.37 bits per heavy atom. The van der Waals surface area contributed by atoms with Crippen LogP contribution in [0, 0.1) is 5.92 Å². The molecule has 2 aromatic rings. The van der Waals surface area contributed by atoms with Crippen molar-refractivity contribution in [2.24, 2.45) is 5.92 Å². The highest BCUT2D eigenvalue weighted by Crippen LogP contribution is 2.22.